The van der Waals surface area contributed by atoms with Crippen molar-refractivity contribution in [2.24, 2.45) is 0 Å². The number of rotatable bonds is 9. The lowest BCUT2D eigenvalue weighted by molar-refractivity contribution is 0.675. The van der Waals surface area contributed by atoms with Crippen molar-refractivity contribution in [3.63, 3.8) is 0 Å². The first-order valence-electron chi connectivity index (χ1n) is 8.73. The van der Waals surface area contributed by atoms with E-state index in [9.17, 15) is 0 Å². The third kappa shape index (κ3) is 5.25. The molecule has 0 aliphatic heterocycles. The molecule has 0 nitrogen and oxygen atoms in total. The largest absolute Gasteiger partial charge is 0.103 e. The molecular weight excluding hydrogens is 276 g/mol. The van der Waals surface area contributed by atoms with Crippen LogP contribution in [-0.2, 0) is 6.42 Å². The van der Waals surface area contributed by atoms with Gasteiger partial charge in [0.1, 0.15) is 0 Å². The van der Waals surface area contributed by atoms with Crippen molar-refractivity contribution in [1.29, 1.82) is 0 Å². The molecular formula is C23H27. The summed E-state index contributed by atoms with van der Waals surface area (Å²) in [6.07, 6.45) is 13.8. The Hall–Kier alpha value is -2.08. The van der Waals surface area contributed by atoms with E-state index < -0.39 is 0 Å². The van der Waals surface area contributed by atoms with E-state index in [0.717, 1.165) is 12.8 Å². The van der Waals surface area contributed by atoms with E-state index in [4.69, 9.17) is 0 Å². The average Bonchev–Trinajstić information content (AvgIpc) is 2.59. The van der Waals surface area contributed by atoms with E-state index in [1.54, 1.807) is 0 Å². The van der Waals surface area contributed by atoms with Crippen LogP contribution in [0.15, 0.2) is 61.2 Å². The molecule has 2 aromatic rings. The lowest BCUT2D eigenvalue weighted by atomic mass is 9.93. The molecule has 0 fully saturated rings. The van der Waals surface area contributed by atoms with Crippen LogP contribution in [0.25, 0.3) is 17.2 Å². The molecule has 0 atom stereocenters. The molecule has 2 rings (SSSR count). The maximum absolute atomic E-state index is 3.88. The van der Waals surface area contributed by atoms with Gasteiger partial charge in [-0.15, -0.1) is 6.58 Å². The van der Waals surface area contributed by atoms with E-state index >= 15 is 0 Å². The molecule has 0 saturated heterocycles. The highest BCUT2D eigenvalue weighted by atomic mass is 14.1. The summed E-state index contributed by atoms with van der Waals surface area (Å²) in [6, 6.07) is 18.2. The lowest BCUT2D eigenvalue weighted by Crippen LogP contribution is -1.90. The Morgan fingerprint density at radius 1 is 1.00 bits per heavy atom. The van der Waals surface area contributed by atoms with Gasteiger partial charge in [-0.2, -0.15) is 0 Å². The van der Waals surface area contributed by atoms with Crippen LogP contribution in [0.4, 0.5) is 0 Å². The quantitative estimate of drug-likeness (QED) is 0.350. The van der Waals surface area contributed by atoms with Crippen LogP contribution < -0.4 is 0 Å². The van der Waals surface area contributed by atoms with E-state index in [1.165, 1.54) is 47.9 Å². The Kier molecular flexibility index (Phi) is 7.39. The molecule has 0 aliphatic rings. The summed E-state index contributed by atoms with van der Waals surface area (Å²) in [7, 11) is 0. The monoisotopic (exact) mass is 303 g/mol. The second-order valence-electron chi connectivity index (χ2n) is 5.90. The summed E-state index contributed by atoms with van der Waals surface area (Å²) < 4.78 is 0. The van der Waals surface area contributed by atoms with Crippen molar-refractivity contribution in [3.8, 4) is 11.1 Å². The van der Waals surface area contributed by atoms with Gasteiger partial charge in [-0.3, -0.25) is 0 Å². The fraction of sp³-hybridized carbons (Fsp3) is 0.304. The Balaban J connectivity index is 2.18. The summed E-state index contributed by atoms with van der Waals surface area (Å²) in [5.74, 6) is 0. The van der Waals surface area contributed by atoms with E-state index in [-0.39, 0.29) is 0 Å². The Morgan fingerprint density at radius 2 is 1.83 bits per heavy atom. The summed E-state index contributed by atoms with van der Waals surface area (Å²) in [6.45, 7) is 6.13. The zero-order valence-electron chi connectivity index (χ0n) is 14.2. The van der Waals surface area contributed by atoms with Crippen LogP contribution >= 0.6 is 0 Å². The minimum Gasteiger partial charge on any atom is -0.103 e. The van der Waals surface area contributed by atoms with Gasteiger partial charge in [-0.05, 0) is 47.6 Å². The fourth-order valence-corrected chi connectivity index (χ4v) is 2.83. The van der Waals surface area contributed by atoms with Gasteiger partial charge >= 0.3 is 0 Å². The third-order valence-electron chi connectivity index (χ3n) is 4.07. The minimum atomic E-state index is 0.894. The number of allylic oxidation sites excluding steroid dienone is 2. The predicted molar refractivity (Wildman–Crippen MR) is 102 cm³/mol. The molecule has 0 heteroatoms. The van der Waals surface area contributed by atoms with Crippen LogP contribution in [0, 0.1) is 6.07 Å². The van der Waals surface area contributed by atoms with Crippen molar-refractivity contribution < 1.29 is 0 Å². The van der Waals surface area contributed by atoms with Gasteiger partial charge in [0.15, 0.2) is 0 Å². The van der Waals surface area contributed by atoms with Crippen molar-refractivity contribution in [2.45, 2.75) is 45.4 Å². The SMILES string of the molecule is C=CCc1ccccc1-c1ccc[c]c1C=CCCCCCC. The van der Waals surface area contributed by atoms with Crippen molar-refractivity contribution in [3.05, 3.63) is 78.4 Å². The van der Waals surface area contributed by atoms with Gasteiger partial charge < -0.3 is 0 Å². The number of hydrogen-bond donors (Lipinski definition) is 0. The molecule has 2 aromatic carbocycles. The molecule has 23 heavy (non-hydrogen) atoms. The maximum Gasteiger partial charge on any atom is -0.00940 e. The molecule has 0 saturated carbocycles. The molecule has 0 bridgehead atoms. The summed E-state index contributed by atoms with van der Waals surface area (Å²) in [5.41, 5.74) is 5.05. The molecule has 0 amide bonds. The van der Waals surface area contributed by atoms with Gasteiger partial charge in [-0.25, -0.2) is 0 Å². The number of benzene rings is 2. The minimum absolute atomic E-state index is 0.894. The fourth-order valence-electron chi connectivity index (χ4n) is 2.83. The highest BCUT2D eigenvalue weighted by Gasteiger charge is 2.06. The standard InChI is InChI=1S/C23H27/c1-3-5-6-7-8-9-15-21-17-11-13-19-23(21)22-18-12-10-16-20(22)14-4-2/h4,9-13,15-16,18-19H,2-3,5-8,14H2,1H3. The van der Waals surface area contributed by atoms with Crippen molar-refractivity contribution >= 4 is 6.08 Å². The average molecular weight is 303 g/mol. The lowest BCUT2D eigenvalue weighted by Gasteiger charge is -2.11. The number of hydrogen-bond acceptors (Lipinski definition) is 0. The highest BCUT2D eigenvalue weighted by Crippen LogP contribution is 2.28. The van der Waals surface area contributed by atoms with Crippen molar-refractivity contribution in [1.82, 2.24) is 0 Å². The second kappa shape index (κ2) is 9.84. The smallest absolute Gasteiger partial charge is 0.00940 e. The predicted octanol–water partition coefficient (Wildman–Crippen LogP) is 6.87. The van der Waals surface area contributed by atoms with Crippen LogP contribution in [0.5, 0.6) is 0 Å². The summed E-state index contributed by atoms with van der Waals surface area (Å²) in [5, 5.41) is 0. The molecule has 0 spiro atoms. The van der Waals surface area contributed by atoms with Gasteiger partial charge in [0.05, 0.1) is 0 Å². The normalized spacial score (nSPS) is 11.0. The van der Waals surface area contributed by atoms with Crippen LogP contribution in [0.3, 0.4) is 0 Å². The zero-order valence-corrected chi connectivity index (χ0v) is 14.2. The third-order valence-corrected chi connectivity index (χ3v) is 4.07. The first kappa shape index (κ1) is 17.3. The molecule has 0 heterocycles. The van der Waals surface area contributed by atoms with E-state index in [1.807, 2.05) is 12.1 Å². The first-order valence-corrected chi connectivity index (χ1v) is 8.73. The highest BCUT2D eigenvalue weighted by molar-refractivity contribution is 5.77. The van der Waals surface area contributed by atoms with E-state index in [2.05, 4.69) is 68.1 Å². The molecule has 1 radical (unpaired) electrons. The van der Waals surface area contributed by atoms with Gasteiger partial charge in [0.2, 0.25) is 0 Å². The Morgan fingerprint density at radius 3 is 2.65 bits per heavy atom. The maximum atomic E-state index is 3.88. The molecule has 0 aromatic heterocycles. The summed E-state index contributed by atoms with van der Waals surface area (Å²) >= 11 is 0. The Labute approximate surface area is 141 Å². The molecule has 119 valence electrons. The van der Waals surface area contributed by atoms with E-state index in [0.29, 0.717) is 0 Å². The molecule has 0 aliphatic carbocycles. The van der Waals surface area contributed by atoms with Crippen LogP contribution in [-0.4, -0.2) is 0 Å². The van der Waals surface area contributed by atoms with Gasteiger partial charge in [0, 0.05) is 0 Å². The zero-order chi connectivity index (χ0) is 16.3. The van der Waals surface area contributed by atoms with Crippen LogP contribution in [0.1, 0.15) is 50.2 Å². The molecule has 0 N–H and O–H groups in total. The van der Waals surface area contributed by atoms with Gasteiger partial charge in [0.25, 0.3) is 0 Å². The second-order valence-corrected chi connectivity index (χ2v) is 5.90. The van der Waals surface area contributed by atoms with Crippen LogP contribution in [0.2, 0.25) is 0 Å². The topological polar surface area (TPSA) is 0 Å². The Bertz CT molecular complexity index is 634. The first-order chi connectivity index (χ1) is 11.4. The molecule has 0 unspecified atom stereocenters. The van der Waals surface area contributed by atoms with Crippen molar-refractivity contribution in [2.75, 3.05) is 0 Å². The van der Waals surface area contributed by atoms with Gasteiger partial charge in [-0.1, -0.05) is 86.9 Å². The summed E-state index contributed by atoms with van der Waals surface area (Å²) in [4.78, 5) is 0. The number of unbranched alkanes of at least 4 members (excludes halogenated alkanes) is 4.